The Morgan fingerprint density at radius 1 is 1.07 bits per heavy atom. The Morgan fingerprint density at radius 3 is 2.37 bits per heavy atom. The summed E-state index contributed by atoms with van der Waals surface area (Å²) in [7, 11) is 0. The van der Waals surface area contributed by atoms with Gasteiger partial charge in [-0.3, -0.25) is 25.0 Å². The number of ether oxygens (including phenoxy) is 1. The normalized spacial score (nSPS) is 10.6. The molecule has 0 saturated carbocycles. The van der Waals surface area contributed by atoms with Gasteiger partial charge in [-0.1, -0.05) is 23.9 Å². The lowest BCUT2D eigenvalue weighted by Gasteiger charge is -2.07. The van der Waals surface area contributed by atoms with E-state index < -0.39 is 22.4 Å². The number of aryl methyl sites for hydroxylation is 1. The number of hydrogen-bond acceptors (Lipinski definition) is 8. The van der Waals surface area contributed by atoms with E-state index in [-0.39, 0.29) is 17.1 Å². The van der Waals surface area contributed by atoms with Gasteiger partial charge in [0, 0.05) is 23.1 Å². The van der Waals surface area contributed by atoms with Gasteiger partial charge in [0.15, 0.2) is 12.4 Å². The van der Waals surface area contributed by atoms with Crippen LogP contribution in [0.4, 0.5) is 11.4 Å². The zero-order valence-corrected chi connectivity index (χ0v) is 16.8. The molecular formula is C19H16N4O6S. The van der Waals surface area contributed by atoms with Crippen LogP contribution in [-0.4, -0.2) is 32.1 Å². The van der Waals surface area contributed by atoms with E-state index in [9.17, 15) is 25.0 Å². The van der Waals surface area contributed by atoms with E-state index in [2.05, 4.69) is 5.10 Å². The highest BCUT2D eigenvalue weighted by atomic mass is 32.2. The summed E-state index contributed by atoms with van der Waals surface area (Å²) < 4.78 is 6.54. The Labute approximate surface area is 174 Å². The lowest BCUT2D eigenvalue weighted by Crippen LogP contribution is -2.22. The zero-order valence-electron chi connectivity index (χ0n) is 16.0. The standard InChI is InChI=1S/C19H16N4O6S/c1-12-19(30-15-9-7-14(8-10-15)22(25)26)13(2)21(20-12)18(24)11-29-17-6-4-3-5-16(17)23(27)28/h3-10H,11H2,1-2H3. The van der Waals surface area contributed by atoms with E-state index in [0.717, 1.165) is 9.79 Å². The topological polar surface area (TPSA) is 130 Å². The fourth-order valence-electron chi connectivity index (χ4n) is 2.70. The average Bonchev–Trinajstić information content (AvgIpc) is 3.01. The molecule has 1 aromatic heterocycles. The van der Waals surface area contributed by atoms with Gasteiger partial charge in [0.05, 0.1) is 26.1 Å². The van der Waals surface area contributed by atoms with Crippen LogP contribution in [0.2, 0.25) is 0 Å². The number of carbonyl (C=O) groups is 1. The number of aromatic nitrogens is 2. The molecule has 0 fully saturated rings. The number of benzene rings is 2. The minimum Gasteiger partial charge on any atom is -0.477 e. The van der Waals surface area contributed by atoms with Crippen molar-refractivity contribution in [2.75, 3.05) is 6.61 Å². The number of para-hydroxylation sites is 2. The summed E-state index contributed by atoms with van der Waals surface area (Å²) >= 11 is 1.33. The molecule has 0 atom stereocenters. The Bertz CT molecular complexity index is 1130. The molecule has 0 N–H and O–H groups in total. The monoisotopic (exact) mass is 428 g/mol. The molecule has 30 heavy (non-hydrogen) atoms. The fourth-order valence-corrected chi connectivity index (χ4v) is 3.63. The lowest BCUT2D eigenvalue weighted by molar-refractivity contribution is -0.385. The van der Waals surface area contributed by atoms with E-state index in [0.29, 0.717) is 11.4 Å². The van der Waals surface area contributed by atoms with Crippen molar-refractivity contribution in [3.05, 3.63) is 80.1 Å². The van der Waals surface area contributed by atoms with Gasteiger partial charge in [0.2, 0.25) is 0 Å². The van der Waals surface area contributed by atoms with Gasteiger partial charge >= 0.3 is 5.69 Å². The van der Waals surface area contributed by atoms with Crippen molar-refractivity contribution in [3.8, 4) is 5.75 Å². The first kappa shape index (κ1) is 21.0. The molecular weight excluding hydrogens is 412 g/mol. The fraction of sp³-hybridized carbons (Fsp3) is 0.158. The molecule has 10 nitrogen and oxygen atoms in total. The van der Waals surface area contributed by atoms with Crippen molar-refractivity contribution in [1.29, 1.82) is 0 Å². The molecule has 0 aliphatic rings. The molecule has 2 aromatic carbocycles. The number of hydrogen-bond donors (Lipinski definition) is 0. The Kier molecular flexibility index (Phi) is 6.11. The summed E-state index contributed by atoms with van der Waals surface area (Å²) in [6.07, 6.45) is 0. The minimum absolute atomic E-state index is 0.00198. The van der Waals surface area contributed by atoms with Crippen molar-refractivity contribution in [3.63, 3.8) is 0 Å². The molecule has 0 amide bonds. The van der Waals surface area contributed by atoms with Gasteiger partial charge in [0.1, 0.15) is 0 Å². The molecule has 154 valence electrons. The molecule has 3 aromatic rings. The second kappa shape index (κ2) is 8.74. The van der Waals surface area contributed by atoms with Gasteiger partial charge in [-0.15, -0.1) is 0 Å². The van der Waals surface area contributed by atoms with Crippen LogP contribution in [0, 0.1) is 34.1 Å². The van der Waals surface area contributed by atoms with Crippen LogP contribution >= 0.6 is 11.8 Å². The zero-order chi connectivity index (χ0) is 21.8. The predicted molar refractivity (Wildman–Crippen MR) is 108 cm³/mol. The number of nitro groups is 2. The summed E-state index contributed by atoms with van der Waals surface area (Å²) in [5, 5.41) is 26.1. The quantitative estimate of drug-likeness (QED) is 0.404. The van der Waals surface area contributed by atoms with Gasteiger partial charge < -0.3 is 4.74 Å². The average molecular weight is 428 g/mol. The van der Waals surface area contributed by atoms with E-state index in [4.69, 9.17) is 4.74 Å². The van der Waals surface area contributed by atoms with Crippen molar-refractivity contribution in [1.82, 2.24) is 9.78 Å². The first-order chi connectivity index (χ1) is 14.3. The number of non-ortho nitro benzene ring substituents is 1. The van der Waals surface area contributed by atoms with Crippen LogP contribution in [-0.2, 0) is 0 Å². The largest absolute Gasteiger partial charge is 0.477 e. The molecule has 0 saturated heterocycles. The van der Waals surface area contributed by atoms with Crippen LogP contribution < -0.4 is 4.74 Å². The molecule has 0 spiro atoms. The van der Waals surface area contributed by atoms with Crippen molar-refractivity contribution in [2.45, 2.75) is 23.6 Å². The van der Waals surface area contributed by atoms with Gasteiger partial charge in [-0.05, 0) is 32.0 Å². The smallest absolute Gasteiger partial charge is 0.310 e. The number of nitrogens with zero attached hydrogens (tertiary/aromatic N) is 4. The summed E-state index contributed by atoms with van der Waals surface area (Å²) in [5.41, 5.74) is 0.945. The van der Waals surface area contributed by atoms with E-state index in [1.807, 2.05) is 0 Å². The highest BCUT2D eigenvalue weighted by Crippen LogP contribution is 2.33. The summed E-state index contributed by atoms with van der Waals surface area (Å²) in [6, 6.07) is 11.9. The highest BCUT2D eigenvalue weighted by molar-refractivity contribution is 7.99. The first-order valence-electron chi connectivity index (χ1n) is 8.66. The second-order valence-electron chi connectivity index (χ2n) is 6.17. The van der Waals surface area contributed by atoms with Crippen LogP contribution in [0.1, 0.15) is 16.2 Å². The van der Waals surface area contributed by atoms with Crippen LogP contribution in [0.25, 0.3) is 0 Å². The molecule has 0 radical (unpaired) electrons. The summed E-state index contributed by atoms with van der Waals surface area (Å²) in [4.78, 5) is 34.9. The lowest BCUT2D eigenvalue weighted by atomic mass is 10.3. The maximum absolute atomic E-state index is 12.6. The maximum Gasteiger partial charge on any atom is 0.310 e. The Morgan fingerprint density at radius 2 is 1.73 bits per heavy atom. The molecule has 11 heteroatoms. The number of rotatable bonds is 7. The van der Waals surface area contributed by atoms with Gasteiger partial charge in [-0.2, -0.15) is 5.10 Å². The SMILES string of the molecule is Cc1nn(C(=O)COc2ccccc2[N+](=O)[O-])c(C)c1Sc1ccc([N+](=O)[O-])cc1. The van der Waals surface area contributed by atoms with Crippen LogP contribution in [0.3, 0.4) is 0 Å². The van der Waals surface area contributed by atoms with Crippen molar-refractivity contribution >= 4 is 29.0 Å². The first-order valence-corrected chi connectivity index (χ1v) is 9.47. The summed E-state index contributed by atoms with van der Waals surface area (Å²) in [6.45, 7) is 3.04. The van der Waals surface area contributed by atoms with Crippen molar-refractivity contribution < 1.29 is 19.4 Å². The number of carbonyl (C=O) groups excluding carboxylic acids is 1. The van der Waals surface area contributed by atoms with E-state index >= 15 is 0 Å². The van der Waals surface area contributed by atoms with E-state index in [1.54, 1.807) is 32.0 Å². The molecule has 0 aliphatic carbocycles. The second-order valence-corrected chi connectivity index (χ2v) is 7.26. The van der Waals surface area contributed by atoms with Gasteiger partial charge in [0.25, 0.3) is 11.6 Å². The maximum atomic E-state index is 12.6. The van der Waals surface area contributed by atoms with Crippen LogP contribution in [0.5, 0.6) is 5.75 Å². The molecule has 1 heterocycles. The third kappa shape index (κ3) is 4.46. The Hall–Kier alpha value is -3.73. The van der Waals surface area contributed by atoms with Gasteiger partial charge in [-0.25, -0.2) is 4.68 Å². The predicted octanol–water partition coefficient (Wildman–Crippen LogP) is 4.19. The molecule has 0 bridgehead atoms. The third-order valence-corrected chi connectivity index (χ3v) is 5.44. The molecule has 3 rings (SSSR count). The molecule has 0 aliphatic heterocycles. The van der Waals surface area contributed by atoms with E-state index in [1.165, 1.54) is 46.8 Å². The third-order valence-electron chi connectivity index (χ3n) is 4.14. The van der Waals surface area contributed by atoms with Crippen molar-refractivity contribution in [2.24, 2.45) is 0 Å². The number of nitro benzene ring substituents is 2. The Balaban J connectivity index is 1.75. The van der Waals surface area contributed by atoms with Crippen LogP contribution in [0.15, 0.2) is 58.3 Å². The minimum atomic E-state index is -0.581. The molecule has 0 unspecified atom stereocenters. The summed E-state index contributed by atoms with van der Waals surface area (Å²) in [5.74, 6) is -0.484. The highest BCUT2D eigenvalue weighted by Gasteiger charge is 2.20.